The molecule has 22 heavy (non-hydrogen) atoms. The first-order valence-corrected chi connectivity index (χ1v) is 8.89. The maximum atomic E-state index is 12.5. The van der Waals surface area contributed by atoms with Crippen molar-refractivity contribution in [2.75, 3.05) is 18.1 Å². The number of rotatable bonds is 6. The average Bonchev–Trinajstić information content (AvgIpc) is 2.52. The van der Waals surface area contributed by atoms with Crippen LogP contribution in [0.15, 0.2) is 24.3 Å². The Bertz CT molecular complexity index is 515. The molecule has 120 valence electrons. The van der Waals surface area contributed by atoms with E-state index in [9.17, 15) is 9.59 Å². The summed E-state index contributed by atoms with van der Waals surface area (Å²) in [6.45, 7) is 2.84. The lowest BCUT2D eigenvalue weighted by molar-refractivity contribution is -0.138. The average molecular weight is 321 g/mol. The molecule has 1 aliphatic heterocycles. The number of amides is 1. The first kappa shape index (κ1) is 16.9. The Balaban J connectivity index is 1.95. The molecule has 0 bridgehead atoms. The quantitative estimate of drug-likeness (QED) is 0.817. The first-order valence-electron chi connectivity index (χ1n) is 7.73. The maximum absolute atomic E-state index is 12.5. The summed E-state index contributed by atoms with van der Waals surface area (Å²) in [5, 5.41) is 8.64. The largest absolute Gasteiger partial charge is 0.481 e. The molecule has 1 aliphatic rings. The third kappa shape index (κ3) is 4.77. The van der Waals surface area contributed by atoms with E-state index in [1.165, 1.54) is 11.1 Å². The van der Waals surface area contributed by atoms with Crippen LogP contribution < -0.4 is 0 Å². The van der Waals surface area contributed by atoms with Gasteiger partial charge in [0, 0.05) is 30.9 Å². The number of hydrogen-bond acceptors (Lipinski definition) is 3. The minimum Gasteiger partial charge on any atom is -0.481 e. The lowest BCUT2D eigenvalue weighted by atomic mass is 10.0. The zero-order chi connectivity index (χ0) is 15.9. The Morgan fingerprint density at radius 3 is 2.59 bits per heavy atom. The van der Waals surface area contributed by atoms with E-state index in [4.69, 9.17) is 5.11 Å². The first-order chi connectivity index (χ1) is 10.6. The van der Waals surface area contributed by atoms with Crippen molar-refractivity contribution in [2.24, 2.45) is 0 Å². The fourth-order valence-corrected chi connectivity index (χ4v) is 3.75. The van der Waals surface area contributed by atoms with E-state index in [0.29, 0.717) is 19.3 Å². The van der Waals surface area contributed by atoms with Crippen molar-refractivity contribution in [3.63, 3.8) is 0 Å². The number of carbonyl (C=O) groups excluding carboxylic acids is 1. The fourth-order valence-electron chi connectivity index (χ4n) is 2.66. The van der Waals surface area contributed by atoms with Gasteiger partial charge in [0.05, 0.1) is 6.04 Å². The molecule has 1 aromatic rings. The molecule has 1 atom stereocenters. The van der Waals surface area contributed by atoms with Gasteiger partial charge < -0.3 is 10.0 Å². The lowest BCUT2D eigenvalue weighted by Gasteiger charge is -2.36. The predicted molar refractivity (Wildman–Crippen MR) is 89.1 cm³/mol. The second kappa shape index (κ2) is 8.22. The normalized spacial score (nSPS) is 18.2. The van der Waals surface area contributed by atoms with Crippen molar-refractivity contribution in [2.45, 2.75) is 38.6 Å². The molecule has 1 aromatic carbocycles. The highest BCUT2D eigenvalue weighted by Gasteiger charge is 2.27. The van der Waals surface area contributed by atoms with Crippen LogP contribution in [0.1, 0.15) is 42.9 Å². The molecule has 1 amide bonds. The van der Waals surface area contributed by atoms with Crippen LogP contribution in [-0.2, 0) is 9.59 Å². The molecule has 0 spiro atoms. The summed E-state index contributed by atoms with van der Waals surface area (Å²) >= 11 is 1.88. The molecule has 1 N–H and O–H groups in total. The molecule has 0 aliphatic carbocycles. The number of carboxylic acids is 1. The Labute approximate surface area is 135 Å². The predicted octanol–water partition coefficient (Wildman–Crippen LogP) is 3.26. The summed E-state index contributed by atoms with van der Waals surface area (Å²) in [5.74, 6) is 1.27. The van der Waals surface area contributed by atoms with Crippen molar-refractivity contribution < 1.29 is 14.7 Å². The van der Waals surface area contributed by atoms with Gasteiger partial charge in [0.15, 0.2) is 0 Å². The number of thioether (sulfide) groups is 1. The second-order valence-corrected chi connectivity index (χ2v) is 6.84. The third-order valence-corrected chi connectivity index (χ3v) is 4.96. The number of hydrogen-bond donors (Lipinski definition) is 1. The number of carboxylic acid groups (broad SMARTS) is 1. The topological polar surface area (TPSA) is 57.6 Å². The van der Waals surface area contributed by atoms with Gasteiger partial charge in [0.2, 0.25) is 5.91 Å². The summed E-state index contributed by atoms with van der Waals surface area (Å²) in [5.41, 5.74) is 2.41. The summed E-state index contributed by atoms with van der Waals surface area (Å²) in [6, 6.07) is 8.54. The fraction of sp³-hybridized carbons (Fsp3) is 0.529. The Morgan fingerprint density at radius 1 is 1.23 bits per heavy atom. The Kier molecular flexibility index (Phi) is 6.31. The molecule has 1 saturated heterocycles. The smallest absolute Gasteiger partial charge is 0.303 e. The van der Waals surface area contributed by atoms with Gasteiger partial charge in [-0.1, -0.05) is 29.8 Å². The number of aryl methyl sites for hydroxylation is 1. The number of nitrogens with zero attached hydrogens (tertiary/aromatic N) is 1. The molecule has 1 fully saturated rings. The van der Waals surface area contributed by atoms with Crippen molar-refractivity contribution >= 4 is 23.6 Å². The van der Waals surface area contributed by atoms with Crippen molar-refractivity contribution in [1.29, 1.82) is 0 Å². The highest BCUT2D eigenvalue weighted by Crippen LogP contribution is 2.30. The molecule has 1 heterocycles. The van der Waals surface area contributed by atoms with Crippen LogP contribution in [0.3, 0.4) is 0 Å². The highest BCUT2D eigenvalue weighted by molar-refractivity contribution is 7.99. The van der Waals surface area contributed by atoms with Crippen LogP contribution in [0.5, 0.6) is 0 Å². The van der Waals surface area contributed by atoms with Crippen LogP contribution in [0.2, 0.25) is 0 Å². The Hall–Kier alpha value is -1.49. The van der Waals surface area contributed by atoms with Crippen molar-refractivity contribution in [3.8, 4) is 0 Å². The van der Waals surface area contributed by atoms with Crippen molar-refractivity contribution in [1.82, 2.24) is 4.90 Å². The van der Waals surface area contributed by atoms with E-state index < -0.39 is 5.97 Å². The summed E-state index contributed by atoms with van der Waals surface area (Å²) in [4.78, 5) is 24.9. The molecule has 0 saturated carbocycles. The van der Waals surface area contributed by atoms with E-state index in [-0.39, 0.29) is 18.4 Å². The van der Waals surface area contributed by atoms with Crippen LogP contribution >= 0.6 is 11.8 Å². The third-order valence-electron chi connectivity index (χ3n) is 3.94. The molecule has 5 heteroatoms. The standard InChI is InChI=1S/C17H23NO3S/c1-13-6-8-14(9-7-13)15-12-22-11-10-18(15)16(19)4-2-3-5-17(20)21/h6-9,15H,2-5,10-12H2,1H3,(H,20,21). The van der Waals surface area contributed by atoms with Gasteiger partial charge >= 0.3 is 5.97 Å². The maximum Gasteiger partial charge on any atom is 0.303 e. The second-order valence-electron chi connectivity index (χ2n) is 5.69. The van der Waals surface area contributed by atoms with E-state index in [0.717, 1.165) is 18.1 Å². The number of unbranched alkanes of at least 4 members (excludes halogenated alkanes) is 1. The monoisotopic (exact) mass is 321 g/mol. The van der Waals surface area contributed by atoms with Crippen molar-refractivity contribution in [3.05, 3.63) is 35.4 Å². The van der Waals surface area contributed by atoms with Crippen LogP contribution in [0, 0.1) is 6.92 Å². The van der Waals surface area contributed by atoms with E-state index in [2.05, 4.69) is 31.2 Å². The molecule has 0 aromatic heterocycles. The minimum absolute atomic E-state index is 0.143. The molecular formula is C17H23NO3S. The summed E-state index contributed by atoms with van der Waals surface area (Å²) in [7, 11) is 0. The zero-order valence-corrected chi connectivity index (χ0v) is 13.8. The number of carbonyl (C=O) groups is 2. The highest BCUT2D eigenvalue weighted by atomic mass is 32.2. The summed E-state index contributed by atoms with van der Waals surface area (Å²) < 4.78 is 0. The zero-order valence-electron chi connectivity index (χ0n) is 13.0. The van der Waals surface area contributed by atoms with Gasteiger partial charge in [-0.25, -0.2) is 0 Å². The van der Waals surface area contributed by atoms with Gasteiger partial charge in [0.25, 0.3) is 0 Å². The molecule has 0 radical (unpaired) electrons. The van der Waals surface area contributed by atoms with E-state index in [1.807, 2.05) is 16.7 Å². The van der Waals surface area contributed by atoms with Crippen LogP contribution in [0.25, 0.3) is 0 Å². The Morgan fingerprint density at radius 2 is 1.91 bits per heavy atom. The number of benzene rings is 1. The van der Waals surface area contributed by atoms with E-state index in [1.54, 1.807) is 0 Å². The molecule has 4 nitrogen and oxygen atoms in total. The number of aliphatic carboxylic acids is 1. The lowest BCUT2D eigenvalue weighted by Crippen LogP contribution is -2.40. The van der Waals surface area contributed by atoms with Gasteiger partial charge in [-0.15, -0.1) is 0 Å². The minimum atomic E-state index is -0.792. The van der Waals surface area contributed by atoms with Gasteiger partial charge in [-0.05, 0) is 25.3 Å². The molecule has 2 rings (SSSR count). The van der Waals surface area contributed by atoms with Gasteiger partial charge in [-0.3, -0.25) is 9.59 Å². The van der Waals surface area contributed by atoms with Crippen LogP contribution in [-0.4, -0.2) is 39.9 Å². The summed E-state index contributed by atoms with van der Waals surface area (Å²) in [6.07, 6.45) is 1.80. The molecular weight excluding hydrogens is 298 g/mol. The SMILES string of the molecule is Cc1ccc(C2CSCCN2C(=O)CCCCC(=O)O)cc1. The van der Waals surface area contributed by atoms with Gasteiger partial charge in [0.1, 0.15) is 0 Å². The molecule has 1 unspecified atom stereocenters. The van der Waals surface area contributed by atoms with Crippen LogP contribution in [0.4, 0.5) is 0 Å². The van der Waals surface area contributed by atoms with E-state index >= 15 is 0 Å². The van der Waals surface area contributed by atoms with Gasteiger partial charge in [-0.2, -0.15) is 11.8 Å².